The molecule has 3 heterocycles. The highest BCUT2D eigenvalue weighted by Crippen LogP contribution is 2.36. The minimum Gasteiger partial charge on any atom is -0.489 e. The lowest BCUT2D eigenvalue weighted by Crippen LogP contribution is -2.49. The summed E-state index contributed by atoms with van der Waals surface area (Å²) in [6, 6.07) is 14.4. The van der Waals surface area contributed by atoms with Crippen molar-refractivity contribution in [3.63, 3.8) is 0 Å². The van der Waals surface area contributed by atoms with E-state index in [2.05, 4.69) is 41.1 Å². The zero-order valence-corrected chi connectivity index (χ0v) is 18.8. The van der Waals surface area contributed by atoms with Gasteiger partial charge in [0.25, 0.3) is 5.91 Å². The van der Waals surface area contributed by atoms with Gasteiger partial charge in [-0.15, -0.1) is 0 Å². The Hall–Kier alpha value is -3.12. The summed E-state index contributed by atoms with van der Waals surface area (Å²) in [5, 5.41) is 2.79. The van der Waals surface area contributed by atoms with Crippen LogP contribution in [0.3, 0.4) is 0 Å². The zero-order valence-electron chi connectivity index (χ0n) is 18.8. The van der Waals surface area contributed by atoms with Gasteiger partial charge in [-0.05, 0) is 67.0 Å². The number of benzene rings is 2. The number of piperidine rings is 1. The van der Waals surface area contributed by atoms with Crippen LogP contribution in [0.5, 0.6) is 5.75 Å². The Labute approximate surface area is 194 Å². The molecule has 2 fully saturated rings. The fraction of sp³-hybridized carbons (Fsp3) is 0.407. The quantitative estimate of drug-likeness (QED) is 0.782. The minimum absolute atomic E-state index is 0.0715. The van der Waals surface area contributed by atoms with Crippen LogP contribution in [-0.4, -0.2) is 39.8 Å². The predicted molar refractivity (Wildman–Crippen MR) is 124 cm³/mol. The highest BCUT2D eigenvalue weighted by Gasteiger charge is 2.39. The van der Waals surface area contributed by atoms with Crippen molar-refractivity contribution >= 4 is 11.8 Å². The molecule has 6 nitrogen and oxygen atoms in total. The molecule has 2 aromatic carbocycles. The number of hydrogen-bond donors (Lipinski definition) is 1. The molecule has 4 aliphatic rings. The first-order valence-electron chi connectivity index (χ1n) is 12.0. The number of nitrogens with one attached hydrogen (secondary N) is 1. The SMILES string of the molecule is C=C1CCC(N2Cc3cc(O[C@@H]4CCC[C@H]4N4Cc5ccccc5C4)ccc3C2=O)C(=O)N1. The van der Waals surface area contributed by atoms with Crippen LogP contribution >= 0.6 is 0 Å². The Morgan fingerprint density at radius 3 is 2.48 bits per heavy atom. The second-order valence-corrected chi connectivity index (χ2v) is 9.73. The molecular weight excluding hydrogens is 414 g/mol. The van der Waals surface area contributed by atoms with Gasteiger partial charge in [-0.2, -0.15) is 0 Å². The Kier molecular flexibility index (Phi) is 4.98. The lowest BCUT2D eigenvalue weighted by Gasteiger charge is -2.30. The van der Waals surface area contributed by atoms with Gasteiger partial charge in [-0.1, -0.05) is 30.8 Å². The Morgan fingerprint density at radius 2 is 1.73 bits per heavy atom. The Morgan fingerprint density at radius 1 is 0.939 bits per heavy atom. The monoisotopic (exact) mass is 443 g/mol. The van der Waals surface area contributed by atoms with Gasteiger partial charge in [-0.25, -0.2) is 0 Å². The van der Waals surface area contributed by atoms with Crippen molar-refractivity contribution in [3.8, 4) is 5.75 Å². The van der Waals surface area contributed by atoms with E-state index >= 15 is 0 Å². The van der Waals surface area contributed by atoms with Gasteiger partial charge in [0.15, 0.2) is 0 Å². The first-order valence-corrected chi connectivity index (χ1v) is 12.0. The number of carbonyl (C=O) groups is 2. The molecule has 1 saturated heterocycles. The Balaban J connectivity index is 1.16. The first kappa shape index (κ1) is 20.5. The van der Waals surface area contributed by atoms with Crippen molar-refractivity contribution < 1.29 is 14.3 Å². The zero-order chi connectivity index (χ0) is 22.5. The van der Waals surface area contributed by atoms with Gasteiger partial charge in [0.2, 0.25) is 5.91 Å². The molecule has 0 bridgehead atoms. The topological polar surface area (TPSA) is 61.9 Å². The van der Waals surface area contributed by atoms with Crippen molar-refractivity contribution in [3.05, 3.63) is 77.0 Å². The molecule has 2 aromatic rings. The average Bonchev–Trinajstić information content (AvgIpc) is 3.51. The lowest BCUT2D eigenvalue weighted by molar-refractivity contribution is -0.126. The number of ether oxygens (including phenoxy) is 1. The molecule has 2 amide bonds. The first-order chi connectivity index (χ1) is 16.1. The molecule has 0 radical (unpaired) electrons. The van der Waals surface area contributed by atoms with E-state index in [0.717, 1.165) is 42.9 Å². The number of amides is 2. The number of hydrogen-bond acceptors (Lipinski definition) is 4. The van der Waals surface area contributed by atoms with Crippen LogP contribution in [0.15, 0.2) is 54.7 Å². The maximum atomic E-state index is 13.0. The van der Waals surface area contributed by atoms with Crippen LogP contribution in [0.1, 0.15) is 59.2 Å². The van der Waals surface area contributed by atoms with Crippen LogP contribution in [0.2, 0.25) is 0 Å². The van der Waals surface area contributed by atoms with E-state index in [4.69, 9.17) is 4.74 Å². The van der Waals surface area contributed by atoms with Gasteiger partial charge in [-0.3, -0.25) is 14.5 Å². The summed E-state index contributed by atoms with van der Waals surface area (Å²) in [6.45, 7) is 6.27. The van der Waals surface area contributed by atoms with Crippen molar-refractivity contribution in [1.29, 1.82) is 0 Å². The molecule has 3 atom stereocenters. The molecule has 1 unspecified atom stereocenters. The van der Waals surface area contributed by atoms with Crippen molar-refractivity contribution in [1.82, 2.24) is 15.1 Å². The van der Waals surface area contributed by atoms with Crippen LogP contribution in [0.25, 0.3) is 0 Å². The fourth-order valence-electron chi connectivity index (χ4n) is 5.93. The largest absolute Gasteiger partial charge is 0.489 e. The standard InChI is InChI=1S/C27H29N3O3/c1-17-9-12-24(26(31)28-17)30-16-20-13-21(10-11-22(20)27(30)32)33-25-8-4-7-23(25)29-14-18-5-2-3-6-19(18)15-29/h2-3,5-6,10-11,13,23-25H,1,4,7-9,12,14-16H2,(H,28,31)/t23-,24?,25-/m1/s1. The van der Waals surface area contributed by atoms with E-state index < -0.39 is 6.04 Å². The smallest absolute Gasteiger partial charge is 0.255 e. The van der Waals surface area contributed by atoms with Crippen LogP contribution in [0.4, 0.5) is 0 Å². The fourth-order valence-corrected chi connectivity index (χ4v) is 5.93. The molecule has 0 aromatic heterocycles. The number of carbonyl (C=O) groups excluding carboxylic acids is 2. The van der Waals surface area contributed by atoms with Crippen LogP contribution in [0, 0.1) is 0 Å². The number of fused-ring (bicyclic) bond motifs is 2. The predicted octanol–water partition coefficient (Wildman–Crippen LogP) is 3.75. The van der Waals surface area contributed by atoms with E-state index in [9.17, 15) is 9.59 Å². The molecule has 6 heteroatoms. The minimum atomic E-state index is -0.434. The molecule has 1 aliphatic carbocycles. The van der Waals surface area contributed by atoms with Gasteiger partial charge >= 0.3 is 0 Å². The third kappa shape index (κ3) is 3.62. The molecule has 1 saturated carbocycles. The van der Waals surface area contributed by atoms with E-state index in [0.29, 0.717) is 31.0 Å². The number of nitrogens with zero attached hydrogens (tertiary/aromatic N) is 2. The second-order valence-electron chi connectivity index (χ2n) is 9.73. The molecule has 170 valence electrons. The highest BCUT2D eigenvalue weighted by atomic mass is 16.5. The van der Waals surface area contributed by atoms with Gasteiger partial charge in [0.1, 0.15) is 17.9 Å². The number of allylic oxidation sites excluding steroid dienone is 1. The van der Waals surface area contributed by atoms with Gasteiger partial charge < -0.3 is 15.0 Å². The summed E-state index contributed by atoms with van der Waals surface area (Å²) in [7, 11) is 0. The second kappa shape index (κ2) is 8.03. The van der Waals surface area contributed by atoms with E-state index in [1.54, 1.807) is 4.90 Å². The van der Waals surface area contributed by atoms with Crippen LogP contribution in [-0.2, 0) is 24.4 Å². The summed E-state index contributed by atoms with van der Waals surface area (Å²) >= 11 is 0. The van der Waals surface area contributed by atoms with Crippen molar-refractivity contribution in [2.24, 2.45) is 0 Å². The van der Waals surface area contributed by atoms with Crippen LogP contribution < -0.4 is 10.1 Å². The van der Waals surface area contributed by atoms with E-state index in [1.165, 1.54) is 17.5 Å². The molecule has 0 spiro atoms. The molecule has 1 N–H and O–H groups in total. The molecule has 6 rings (SSSR count). The normalized spacial score (nSPS) is 27.0. The van der Waals surface area contributed by atoms with Gasteiger partial charge in [0, 0.05) is 36.9 Å². The van der Waals surface area contributed by atoms with E-state index in [1.807, 2.05) is 18.2 Å². The van der Waals surface area contributed by atoms with E-state index in [-0.39, 0.29) is 17.9 Å². The number of rotatable bonds is 4. The summed E-state index contributed by atoms with van der Waals surface area (Å²) in [4.78, 5) is 29.7. The third-order valence-electron chi connectivity index (χ3n) is 7.65. The maximum absolute atomic E-state index is 13.0. The third-order valence-corrected chi connectivity index (χ3v) is 7.65. The summed E-state index contributed by atoms with van der Waals surface area (Å²) < 4.78 is 6.51. The lowest BCUT2D eigenvalue weighted by atomic mass is 10.0. The molecular formula is C27H29N3O3. The Bertz CT molecular complexity index is 1120. The summed E-state index contributed by atoms with van der Waals surface area (Å²) in [6.07, 6.45) is 4.84. The molecule has 33 heavy (non-hydrogen) atoms. The summed E-state index contributed by atoms with van der Waals surface area (Å²) in [5.41, 5.74) is 5.20. The highest BCUT2D eigenvalue weighted by molar-refractivity contribution is 6.01. The van der Waals surface area contributed by atoms with Crippen molar-refractivity contribution in [2.45, 2.75) is 69.9 Å². The maximum Gasteiger partial charge on any atom is 0.255 e. The van der Waals surface area contributed by atoms with Gasteiger partial charge in [0.05, 0.1) is 0 Å². The molecule has 3 aliphatic heterocycles. The average molecular weight is 444 g/mol. The summed E-state index contributed by atoms with van der Waals surface area (Å²) in [5.74, 6) is 0.612. The van der Waals surface area contributed by atoms with Crippen molar-refractivity contribution in [2.75, 3.05) is 0 Å².